The van der Waals surface area contributed by atoms with Gasteiger partial charge in [-0.1, -0.05) is 13.0 Å². The van der Waals surface area contributed by atoms with E-state index in [0.29, 0.717) is 31.0 Å². The highest BCUT2D eigenvalue weighted by Crippen LogP contribution is 2.35. The lowest BCUT2D eigenvalue weighted by Crippen LogP contribution is -2.49. The molecule has 2 amide bonds. The number of methoxy groups -OCH3 is 1. The number of nitrogens with one attached hydrogen (secondary N) is 1. The summed E-state index contributed by atoms with van der Waals surface area (Å²) in [6.45, 7) is 4.96. The van der Waals surface area contributed by atoms with Gasteiger partial charge in [0.15, 0.2) is 6.10 Å². The highest BCUT2D eigenvalue weighted by Gasteiger charge is 2.34. The molecule has 0 aromatic heterocycles. The van der Waals surface area contributed by atoms with Gasteiger partial charge in [0.25, 0.3) is 5.91 Å². The first-order chi connectivity index (χ1) is 11.1. The fraction of sp³-hybridized carbons (Fsp3) is 0.529. The number of benzene rings is 1. The molecular weight excluding hydrogens is 296 g/mol. The van der Waals surface area contributed by atoms with E-state index in [1.165, 1.54) is 4.90 Å². The van der Waals surface area contributed by atoms with Crippen LogP contribution in [0, 0.1) is 6.92 Å². The van der Waals surface area contributed by atoms with Crippen molar-refractivity contribution >= 4 is 17.5 Å². The largest absolute Gasteiger partial charge is 0.478 e. The third-order valence-corrected chi connectivity index (χ3v) is 3.74. The molecule has 1 heterocycles. The van der Waals surface area contributed by atoms with Crippen molar-refractivity contribution in [2.45, 2.75) is 32.8 Å². The second kappa shape index (κ2) is 7.97. The number of hydrogen-bond donors (Lipinski definition) is 1. The Labute approximate surface area is 136 Å². The Bertz CT molecular complexity index is 574. The molecule has 2 rings (SSSR count). The van der Waals surface area contributed by atoms with Gasteiger partial charge in [0.2, 0.25) is 5.91 Å². The van der Waals surface area contributed by atoms with Gasteiger partial charge in [-0.3, -0.25) is 14.5 Å². The lowest BCUT2D eigenvalue weighted by Gasteiger charge is -2.33. The maximum atomic E-state index is 12.5. The average molecular weight is 320 g/mol. The van der Waals surface area contributed by atoms with E-state index in [-0.39, 0.29) is 18.4 Å². The number of rotatable bonds is 7. The minimum atomic E-state index is -0.536. The van der Waals surface area contributed by atoms with Gasteiger partial charge in [-0.15, -0.1) is 0 Å². The van der Waals surface area contributed by atoms with Gasteiger partial charge in [0.05, 0.1) is 5.69 Å². The van der Waals surface area contributed by atoms with E-state index in [1.807, 2.05) is 32.0 Å². The number of carbonyl (C=O) groups is 2. The van der Waals surface area contributed by atoms with Gasteiger partial charge in [-0.25, -0.2) is 0 Å². The van der Waals surface area contributed by atoms with Crippen LogP contribution < -0.4 is 15.0 Å². The topological polar surface area (TPSA) is 67.9 Å². The number of anilines is 1. The Kier molecular flexibility index (Phi) is 5.98. The average Bonchev–Trinajstić information content (AvgIpc) is 2.54. The van der Waals surface area contributed by atoms with Gasteiger partial charge in [0.1, 0.15) is 12.3 Å². The minimum Gasteiger partial charge on any atom is -0.478 e. The van der Waals surface area contributed by atoms with Crippen molar-refractivity contribution in [1.82, 2.24) is 5.32 Å². The van der Waals surface area contributed by atoms with Gasteiger partial charge in [-0.05, 0) is 37.5 Å². The molecule has 0 saturated carbocycles. The summed E-state index contributed by atoms with van der Waals surface area (Å²) in [6, 6.07) is 5.66. The quantitative estimate of drug-likeness (QED) is 0.776. The van der Waals surface area contributed by atoms with Crippen molar-refractivity contribution in [3.05, 3.63) is 23.8 Å². The minimum absolute atomic E-state index is 0.00211. The standard InChI is InChI=1S/C17H24N2O4/c1-4-14-17(21)19(11-16(20)18-8-5-9-22-3)13-10-12(2)6-7-15(13)23-14/h6-7,10,14H,4-5,8-9,11H2,1-3H3,(H,18,20)/t14-/m0/s1. The summed E-state index contributed by atoms with van der Waals surface area (Å²) >= 11 is 0. The SMILES string of the molecule is CC[C@@H]1Oc2ccc(C)cc2N(CC(=O)NCCCOC)C1=O. The zero-order valence-corrected chi connectivity index (χ0v) is 13.9. The first-order valence-corrected chi connectivity index (χ1v) is 7.91. The highest BCUT2D eigenvalue weighted by atomic mass is 16.5. The van der Waals surface area contributed by atoms with Crippen molar-refractivity contribution in [3.8, 4) is 5.75 Å². The van der Waals surface area contributed by atoms with E-state index in [4.69, 9.17) is 9.47 Å². The first kappa shape index (κ1) is 17.3. The first-order valence-electron chi connectivity index (χ1n) is 7.91. The van der Waals surface area contributed by atoms with Crippen molar-refractivity contribution in [1.29, 1.82) is 0 Å². The molecule has 1 N–H and O–H groups in total. The Morgan fingerprint density at radius 1 is 1.43 bits per heavy atom. The van der Waals surface area contributed by atoms with Crippen molar-refractivity contribution in [3.63, 3.8) is 0 Å². The van der Waals surface area contributed by atoms with Gasteiger partial charge in [0, 0.05) is 20.3 Å². The lowest BCUT2D eigenvalue weighted by atomic mass is 10.1. The van der Waals surface area contributed by atoms with E-state index >= 15 is 0 Å². The van der Waals surface area contributed by atoms with Crippen LogP contribution in [-0.4, -0.2) is 44.7 Å². The molecule has 0 radical (unpaired) electrons. The number of hydrogen-bond acceptors (Lipinski definition) is 4. The molecule has 1 aliphatic heterocycles. The van der Waals surface area contributed by atoms with Crippen molar-refractivity contribution in [2.24, 2.45) is 0 Å². The molecule has 0 saturated heterocycles. The Hall–Kier alpha value is -2.08. The summed E-state index contributed by atoms with van der Waals surface area (Å²) in [7, 11) is 1.62. The Morgan fingerprint density at radius 3 is 2.91 bits per heavy atom. The second-order valence-electron chi connectivity index (χ2n) is 5.61. The van der Waals surface area contributed by atoms with Crippen LogP contribution >= 0.6 is 0 Å². The monoisotopic (exact) mass is 320 g/mol. The van der Waals surface area contributed by atoms with E-state index in [9.17, 15) is 9.59 Å². The normalized spacial score (nSPS) is 16.7. The van der Waals surface area contributed by atoms with E-state index < -0.39 is 6.10 Å². The molecule has 1 aromatic carbocycles. The number of nitrogens with zero attached hydrogens (tertiary/aromatic N) is 1. The summed E-state index contributed by atoms with van der Waals surface area (Å²) in [5, 5.41) is 2.81. The van der Waals surface area contributed by atoms with Crippen LogP contribution in [0.2, 0.25) is 0 Å². The maximum absolute atomic E-state index is 12.5. The van der Waals surface area contributed by atoms with Crippen LogP contribution in [0.4, 0.5) is 5.69 Å². The van der Waals surface area contributed by atoms with Crippen LogP contribution in [0.1, 0.15) is 25.3 Å². The van der Waals surface area contributed by atoms with Crippen molar-refractivity contribution < 1.29 is 19.1 Å². The Morgan fingerprint density at radius 2 is 2.22 bits per heavy atom. The van der Waals surface area contributed by atoms with E-state index in [0.717, 1.165) is 12.0 Å². The maximum Gasteiger partial charge on any atom is 0.268 e. The highest BCUT2D eigenvalue weighted by molar-refractivity contribution is 6.03. The summed E-state index contributed by atoms with van der Waals surface area (Å²) in [4.78, 5) is 26.2. The van der Waals surface area contributed by atoms with Crippen molar-refractivity contribution in [2.75, 3.05) is 31.7 Å². The summed E-state index contributed by atoms with van der Waals surface area (Å²) in [5.74, 6) is 0.297. The molecule has 1 atom stereocenters. The lowest BCUT2D eigenvalue weighted by molar-refractivity contribution is -0.129. The second-order valence-corrected chi connectivity index (χ2v) is 5.61. The molecule has 6 heteroatoms. The molecule has 23 heavy (non-hydrogen) atoms. The number of aryl methyl sites for hydroxylation is 1. The van der Waals surface area contributed by atoms with Gasteiger partial charge < -0.3 is 14.8 Å². The summed E-state index contributed by atoms with van der Waals surface area (Å²) in [5.41, 5.74) is 1.67. The molecule has 1 aliphatic rings. The fourth-order valence-electron chi connectivity index (χ4n) is 2.50. The van der Waals surface area contributed by atoms with E-state index in [2.05, 4.69) is 5.32 Å². The number of amides is 2. The number of fused-ring (bicyclic) bond motifs is 1. The molecular formula is C17H24N2O4. The molecule has 1 aromatic rings. The van der Waals surface area contributed by atoms with E-state index in [1.54, 1.807) is 7.11 Å². The number of carbonyl (C=O) groups excluding carboxylic acids is 2. The predicted molar refractivity (Wildman–Crippen MR) is 87.7 cm³/mol. The molecule has 0 aliphatic carbocycles. The van der Waals surface area contributed by atoms with Crippen LogP contribution in [0.3, 0.4) is 0 Å². The smallest absolute Gasteiger partial charge is 0.268 e. The molecule has 126 valence electrons. The van der Waals surface area contributed by atoms with Crippen LogP contribution in [-0.2, 0) is 14.3 Å². The van der Waals surface area contributed by atoms with Crippen LogP contribution in [0.15, 0.2) is 18.2 Å². The molecule has 0 bridgehead atoms. The molecule has 0 fully saturated rings. The van der Waals surface area contributed by atoms with Gasteiger partial charge >= 0.3 is 0 Å². The van der Waals surface area contributed by atoms with Crippen LogP contribution in [0.5, 0.6) is 5.75 Å². The number of ether oxygens (including phenoxy) is 2. The zero-order valence-electron chi connectivity index (χ0n) is 13.9. The fourth-order valence-corrected chi connectivity index (χ4v) is 2.50. The zero-order chi connectivity index (χ0) is 16.8. The molecule has 0 spiro atoms. The summed E-state index contributed by atoms with van der Waals surface area (Å²) < 4.78 is 10.7. The molecule has 0 unspecified atom stereocenters. The van der Waals surface area contributed by atoms with Gasteiger partial charge in [-0.2, -0.15) is 0 Å². The summed E-state index contributed by atoms with van der Waals surface area (Å²) in [6.07, 6.45) is 0.775. The Balaban J connectivity index is 2.11. The predicted octanol–water partition coefficient (Wildman–Crippen LogP) is 1.65. The third kappa shape index (κ3) is 4.22. The molecule has 6 nitrogen and oxygen atoms in total. The third-order valence-electron chi connectivity index (χ3n) is 3.74. The van der Waals surface area contributed by atoms with Crippen LogP contribution in [0.25, 0.3) is 0 Å².